The van der Waals surface area contributed by atoms with Gasteiger partial charge in [-0.2, -0.15) is 0 Å². The molecule has 0 unspecified atom stereocenters. The Hall–Kier alpha value is 2.19. The van der Waals surface area contributed by atoms with Crippen LogP contribution in [0.3, 0.4) is 0 Å². The summed E-state index contributed by atoms with van der Waals surface area (Å²) in [4.78, 5) is 0. The zero-order valence-electron chi connectivity index (χ0n) is 5.20. The molecule has 0 rings (SSSR count). The first-order valence-electron chi connectivity index (χ1n) is 0. The van der Waals surface area contributed by atoms with Crippen molar-refractivity contribution < 1.29 is 129 Å². The Morgan fingerprint density at radius 1 is 0.231 bits per heavy atom. The van der Waals surface area contributed by atoms with Crippen LogP contribution >= 0.6 is 0 Å². The van der Waals surface area contributed by atoms with E-state index >= 15 is 0 Å². The molecule has 0 heterocycles. The molecule has 9 nitrogen and oxygen atoms in total. The average Bonchev–Trinajstić information content (AvgIpc) is 0. The van der Waals surface area contributed by atoms with Crippen LogP contribution in [-0.4, -0.2) is 0 Å². The van der Waals surface area contributed by atoms with Gasteiger partial charge in [0.1, 0.15) is 0 Å². The second kappa shape index (κ2) is 516. The van der Waals surface area contributed by atoms with E-state index < -0.39 is 0 Å². The molecule has 0 aromatic carbocycles. The molecule has 84 valence electrons. The van der Waals surface area contributed by atoms with Gasteiger partial charge in [-0.15, -0.1) is 0 Å². The first-order valence-corrected chi connectivity index (χ1v) is 0. The molecule has 0 atom stereocenters. The summed E-state index contributed by atoms with van der Waals surface area (Å²) in [6.07, 6.45) is 0. The molecule has 13 heteroatoms. The van der Waals surface area contributed by atoms with Crippen molar-refractivity contribution in [2.45, 2.75) is 0 Å². The number of rotatable bonds is 0. The fourth-order valence-electron chi connectivity index (χ4n) is 0. The summed E-state index contributed by atoms with van der Waals surface area (Å²) in [6.45, 7) is 0. The molecule has 0 aromatic rings. The Morgan fingerprint density at radius 3 is 0.231 bits per heavy atom. The van der Waals surface area contributed by atoms with E-state index in [2.05, 4.69) is 0 Å². The third-order valence-corrected chi connectivity index (χ3v) is 0. The summed E-state index contributed by atoms with van der Waals surface area (Å²) in [7, 11) is 0. The largest absolute Gasteiger partial charge is 5.00 e. The Labute approximate surface area is 127 Å². The van der Waals surface area contributed by atoms with Crippen molar-refractivity contribution in [1.29, 1.82) is 0 Å². The van der Waals surface area contributed by atoms with Gasteiger partial charge in [-0.05, 0) is 0 Å². The summed E-state index contributed by atoms with van der Waals surface area (Å²) in [5, 5.41) is 0. The molecular formula is O9Pt2V2. The SMILES string of the molecule is [O-2].[O-2].[O-2].[O-2].[O-2].[O-2].[O-2].[O-2].[O-2].[Pt+4].[Pt+4].[V+5].[V+5]. The van der Waals surface area contributed by atoms with E-state index in [4.69, 9.17) is 0 Å². The van der Waals surface area contributed by atoms with Gasteiger partial charge in [-0.1, -0.05) is 0 Å². The smallest absolute Gasteiger partial charge is 2.00 e. The minimum absolute atomic E-state index is 0. The van der Waals surface area contributed by atoms with Crippen molar-refractivity contribution in [3.8, 4) is 0 Å². The summed E-state index contributed by atoms with van der Waals surface area (Å²) in [5.41, 5.74) is 0. The van der Waals surface area contributed by atoms with E-state index in [1.807, 2.05) is 0 Å². The summed E-state index contributed by atoms with van der Waals surface area (Å²) < 4.78 is 0. The van der Waals surface area contributed by atoms with Gasteiger partial charge < -0.3 is 49.3 Å². The normalized spacial score (nSPS) is 0. The average molecular weight is 636 g/mol. The topological polar surface area (TPSA) is 256 Å². The van der Waals surface area contributed by atoms with Crippen molar-refractivity contribution >= 4 is 0 Å². The van der Waals surface area contributed by atoms with Gasteiger partial charge in [-0.25, -0.2) is 0 Å². The van der Waals surface area contributed by atoms with Crippen LogP contribution in [0.15, 0.2) is 0 Å². The van der Waals surface area contributed by atoms with Crippen LogP contribution in [0.1, 0.15) is 0 Å². The minimum Gasteiger partial charge on any atom is -2.00 e. The Bertz CT molecular complexity index is 15.6. The van der Waals surface area contributed by atoms with Crippen molar-refractivity contribution in [3.05, 3.63) is 0 Å². The Balaban J connectivity index is 0. The summed E-state index contributed by atoms with van der Waals surface area (Å²) >= 11 is 0. The molecule has 0 aliphatic rings. The fourth-order valence-corrected chi connectivity index (χ4v) is 0. The van der Waals surface area contributed by atoms with E-state index in [-0.39, 0.29) is 129 Å². The van der Waals surface area contributed by atoms with Gasteiger partial charge in [0.05, 0.1) is 0 Å². The van der Waals surface area contributed by atoms with Crippen LogP contribution in [0.5, 0.6) is 0 Å². The third kappa shape index (κ3) is 441. The number of hydrogen-bond donors (Lipinski definition) is 0. The minimum atomic E-state index is 0. The van der Waals surface area contributed by atoms with Gasteiger partial charge in [0.2, 0.25) is 0 Å². The van der Waals surface area contributed by atoms with Crippen LogP contribution in [0, 0.1) is 0 Å². The molecule has 0 amide bonds. The monoisotopic (exact) mass is 636 g/mol. The quantitative estimate of drug-likeness (QED) is 0.308. The van der Waals surface area contributed by atoms with Crippen LogP contribution in [0.25, 0.3) is 0 Å². The molecule has 0 aliphatic heterocycles. The van der Waals surface area contributed by atoms with Gasteiger partial charge >= 0.3 is 79.2 Å². The standard InChI is InChI=1S/9O.2Pt.2V/q9*-2;2*+4;2*+5. The first-order chi connectivity index (χ1) is 0. The predicted molar refractivity (Wildman–Crippen MR) is 6.18 cm³/mol. The predicted octanol–water partition coefficient (Wildman–Crippen LogP) is -1.08. The summed E-state index contributed by atoms with van der Waals surface area (Å²) in [6, 6.07) is 0. The van der Waals surface area contributed by atoms with Gasteiger partial charge in [0.15, 0.2) is 0 Å². The van der Waals surface area contributed by atoms with Crippen molar-refractivity contribution in [2.24, 2.45) is 0 Å². The third-order valence-electron chi connectivity index (χ3n) is 0. The van der Waals surface area contributed by atoms with Gasteiger partial charge in [0, 0.05) is 0 Å². The maximum absolute atomic E-state index is 0. The fraction of sp³-hybridized carbons (Fsp3) is 0. The van der Waals surface area contributed by atoms with Crippen LogP contribution in [-0.2, 0) is 129 Å². The molecule has 13 heavy (non-hydrogen) atoms. The second-order valence-corrected chi connectivity index (χ2v) is 0. The molecule has 0 fully saturated rings. The van der Waals surface area contributed by atoms with Crippen molar-refractivity contribution in [1.82, 2.24) is 0 Å². The Kier molecular flexibility index (Phi) is 25400. The van der Waals surface area contributed by atoms with E-state index in [1.54, 1.807) is 0 Å². The first kappa shape index (κ1) is 640. The van der Waals surface area contributed by atoms with Crippen molar-refractivity contribution in [3.63, 3.8) is 0 Å². The molecule has 0 radical (unpaired) electrons. The molecule has 0 bridgehead atoms. The number of hydrogen-bond acceptors (Lipinski definition) is 0. The van der Waals surface area contributed by atoms with Crippen LogP contribution in [0.4, 0.5) is 0 Å². The maximum atomic E-state index is 0. The van der Waals surface area contributed by atoms with E-state index in [0.29, 0.717) is 0 Å². The van der Waals surface area contributed by atoms with E-state index in [9.17, 15) is 0 Å². The van der Waals surface area contributed by atoms with Crippen molar-refractivity contribution in [2.75, 3.05) is 0 Å². The molecule has 0 aliphatic carbocycles. The molecule has 0 N–H and O–H groups in total. The van der Waals surface area contributed by atoms with E-state index in [1.165, 1.54) is 0 Å². The Morgan fingerprint density at radius 2 is 0.231 bits per heavy atom. The second-order valence-electron chi connectivity index (χ2n) is 0. The van der Waals surface area contributed by atoms with Crippen LogP contribution in [0.2, 0.25) is 0 Å². The van der Waals surface area contributed by atoms with Gasteiger partial charge in [0.25, 0.3) is 0 Å². The molecule has 0 saturated carbocycles. The molecule has 0 spiro atoms. The summed E-state index contributed by atoms with van der Waals surface area (Å²) in [5.74, 6) is 0. The molecular weight excluding hydrogens is 636 g/mol. The molecule has 0 aromatic heterocycles. The zero-order chi connectivity index (χ0) is 0. The maximum Gasteiger partial charge on any atom is 5.00 e. The molecule has 0 saturated heterocycles. The zero-order valence-corrected chi connectivity index (χ0v) is 12.5. The van der Waals surface area contributed by atoms with E-state index in [0.717, 1.165) is 0 Å². The van der Waals surface area contributed by atoms with Gasteiger partial charge in [-0.3, -0.25) is 0 Å². The van der Waals surface area contributed by atoms with Crippen LogP contribution < -0.4 is 0 Å².